The highest BCUT2D eigenvalue weighted by Gasteiger charge is 2.34. The van der Waals surface area contributed by atoms with E-state index < -0.39 is 20.6 Å². The Labute approximate surface area is 207 Å². The summed E-state index contributed by atoms with van der Waals surface area (Å²) in [4.78, 5) is 29.7. The number of amides is 1. The topological polar surface area (TPSA) is 107 Å². The van der Waals surface area contributed by atoms with Gasteiger partial charge >= 0.3 is 0 Å². The normalized spacial score (nSPS) is 15.7. The minimum atomic E-state index is -3.92. The quantitative estimate of drug-likeness (QED) is 0.309. The maximum Gasteiger partial charge on any atom is 0.289 e. The maximum absolute atomic E-state index is 13.3. The molecule has 1 aromatic carbocycles. The number of nitro groups is 1. The van der Waals surface area contributed by atoms with Crippen LogP contribution >= 0.6 is 11.6 Å². The lowest BCUT2D eigenvalue weighted by atomic mass is 9.96. The van der Waals surface area contributed by atoms with Crippen LogP contribution in [0.2, 0.25) is 5.02 Å². The Kier molecular flexibility index (Phi) is 10.7. The molecule has 1 amide bonds. The zero-order valence-electron chi connectivity index (χ0n) is 20.4. The third kappa shape index (κ3) is 7.88. The van der Waals surface area contributed by atoms with Gasteiger partial charge in [0.1, 0.15) is 5.02 Å². The van der Waals surface area contributed by atoms with Gasteiger partial charge in [-0.3, -0.25) is 14.9 Å². The number of halogens is 1. The molecule has 0 bridgehead atoms. The van der Waals surface area contributed by atoms with Gasteiger partial charge in [0.2, 0.25) is 15.9 Å². The van der Waals surface area contributed by atoms with E-state index in [0.717, 1.165) is 32.0 Å². The number of carbonyl (C=O) groups is 1. The van der Waals surface area contributed by atoms with Gasteiger partial charge in [-0.05, 0) is 79.1 Å². The first kappa shape index (κ1) is 28.4. The third-order valence-electron chi connectivity index (χ3n) is 5.93. The van der Waals surface area contributed by atoms with Gasteiger partial charge in [0.15, 0.2) is 0 Å². The summed E-state index contributed by atoms with van der Waals surface area (Å²) in [5, 5.41) is 11.0. The first-order valence-corrected chi connectivity index (χ1v) is 13.3. The molecule has 1 aliphatic rings. The third-order valence-corrected chi connectivity index (χ3v) is 8.15. The van der Waals surface area contributed by atoms with Gasteiger partial charge in [-0.25, -0.2) is 8.42 Å². The molecule has 0 radical (unpaired) electrons. The van der Waals surface area contributed by atoms with E-state index in [0.29, 0.717) is 25.9 Å². The number of nitro benzene ring substituents is 1. The minimum absolute atomic E-state index is 0.0803. The number of benzene rings is 1. The van der Waals surface area contributed by atoms with Gasteiger partial charge in [0, 0.05) is 38.2 Å². The Bertz CT molecular complexity index is 935. The van der Waals surface area contributed by atoms with Crippen molar-refractivity contribution >= 4 is 33.2 Å². The first-order chi connectivity index (χ1) is 15.9. The van der Waals surface area contributed by atoms with Crippen molar-refractivity contribution in [2.45, 2.75) is 30.6 Å². The highest BCUT2D eigenvalue weighted by atomic mass is 35.5. The predicted octanol–water partition coefficient (Wildman–Crippen LogP) is 2.38. The van der Waals surface area contributed by atoms with Gasteiger partial charge in [0.05, 0.1) is 9.82 Å². The summed E-state index contributed by atoms with van der Waals surface area (Å²) in [6, 6.07) is 3.49. The molecule has 0 aliphatic carbocycles. The zero-order chi connectivity index (χ0) is 25.5. The van der Waals surface area contributed by atoms with Crippen molar-refractivity contribution in [3.63, 3.8) is 0 Å². The molecule has 0 atom stereocenters. The van der Waals surface area contributed by atoms with Crippen molar-refractivity contribution < 1.29 is 18.1 Å². The fourth-order valence-corrected chi connectivity index (χ4v) is 5.71. The molecule has 0 saturated carbocycles. The lowest BCUT2D eigenvalue weighted by molar-refractivity contribution is -0.384. The fraction of sp³-hybridized carbons (Fsp3) is 0.682. The van der Waals surface area contributed by atoms with Crippen LogP contribution in [0.5, 0.6) is 0 Å². The summed E-state index contributed by atoms with van der Waals surface area (Å²) in [5.74, 6) is -0.151. The molecule has 0 unspecified atom stereocenters. The molecule has 192 valence electrons. The highest BCUT2D eigenvalue weighted by molar-refractivity contribution is 7.89. The average Bonchev–Trinajstić information content (AvgIpc) is 2.77. The zero-order valence-corrected chi connectivity index (χ0v) is 22.0. The van der Waals surface area contributed by atoms with Crippen LogP contribution in [0.15, 0.2) is 23.1 Å². The summed E-state index contributed by atoms with van der Waals surface area (Å²) in [6.45, 7) is 3.52. The Morgan fingerprint density at radius 1 is 1.06 bits per heavy atom. The summed E-state index contributed by atoms with van der Waals surface area (Å²) < 4.78 is 27.4. The van der Waals surface area contributed by atoms with E-state index in [2.05, 4.69) is 9.80 Å². The number of piperidine rings is 1. The van der Waals surface area contributed by atoms with Crippen LogP contribution in [0.4, 0.5) is 5.69 Å². The number of hydrogen-bond acceptors (Lipinski definition) is 7. The molecule has 0 N–H and O–H groups in total. The molecule has 0 spiro atoms. The van der Waals surface area contributed by atoms with Crippen LogP contribution in [0.3, 0.4) is 0 Å². The molecule has 10 nitrogen and oxygen atoms in total. The fourth-order valence-electron chi connectivity index (χ4n) is 4.03. The van der Waals surface area contributed by atoms with Crippen molar-refractivity contribution in [1.29, 1.82) is 0 Å². The Morgan fingerprint density at radius 2 is 1.59 bits per heavy atom. The van der Waals surface area contributed by atoms with Crippen molar-refractivity contribution in [3.8, 4) is 0 Å². The Hall–Kier alpha value is -1.79. The Morgan fingerprint density at radius 3 is 2.06 bits per heavy atom. The average molecular weight is 518 g/mol. The summed E-state index contributed by atoms with van der Waals surface area (Å²) in [5.41, 5.74) is -0.445. The van der Waals surface area contributed by atoms with Gasteiger partial charge in [-0.15, -0.1) is 0 Å². The van der Waals surface area contributed by atoms with Crippen LogP contribution in [0, 0.1) is 16.0 Å². The Balaban J connectivity index is 2.04. The van der Waals surface area contributed by atoms with E-state index in [9.17, 15) is 23.3 Å². The van der Waals surface area contributed by atoms with Crippen LogP contribution in [0.25, 0.3) is 0 Å². The standard InChI is InChI=1S/C22H36ClN5O5S/c1-24(2)11-5-13-26(14-6-12-25(3)4)22(29)18-9-15-27(16-10-18)34(32,33)19-7-8-20(23)21(17-19)28(30)31/h7-8,17-18H,5-6,9-16H2,1-4H3. The molecule has 1 heterocycles. The molecule has 1 fully saturated rings. The van der Waals surface area contributed by atoms with Crippen LogP contribution < -0.4 is 0 Å². The highest BCUT2D eigenvalue weighted by Crippen LogP contribution is 2.30. The van der Waals surface area contributed by atoms with E-state index in [-0.39, 0.29) is 34.8 Å². The van der Waals surface area contributed by atoms with Crippen LogP contribution in [-0.2, 0) is 14.8 Å². The molecule has 0 aromatic heterocycles. The summed E-state index contributed by atoms with van der Waals surface area (Å²) in [7, 11) is 4.10. The number of nitrogens with zero attached hydrogens (tertiary/aromatic N) is 5. The van der Waals surface area contributed by atoms with E-state index in [4.69, 9.17) is 11.6 Å². The van der Waals surface area contributed by atoms with Gasteiger partial charge in [0.25, 0.3) is 5.69 Å². The van der Waals surface area contributed by atoms with Crippen molar-refractivity contribution in [3.05, 3.63) is 33.3 Å². The number of hydrogen-bond donors (Lipinski definition) is 0. The lowest BCUT2D eigenvalue weighted by Crippen LogP contribution is -2.45. The smallest absolute Gasteiger partial charge is 0.289 e. The minimum Gasteiger partial charge on any atom is -0.342 e. The predicted molar refractivity (Wildman–Crippen MR) is 133 cm³/mol. The van der Waals surface area contributed by atoms with Crippen molar-refractivity contribution in [2.24, 2.45) is 5.92 Å². The molecule has 12 heteroatoms. The van der Waals surface area contributed by atoms with Gasteiger partial charge < -0.3 is 14.7 Å². The second-order valence-corrected chi connectivity index (χ2v) is 11.5. The molecule has 1 aliphatic heterocycles. The SMILES string of the molecule is CN(C)CCCN(CCCN(C)C)C(=O)C1CCN(S(=O)(=O)c2ccc(Cl)c([N+](=O)[O-])c2)CC1. The second kappa shape index (κ2) is 12.8. The molecule has 34 heavy (non-hydrogen) atoms. The van der Waals surface area contributed by atoms with Gasteiger partial charge in [-0.1, -0.05) is 11.6 Å². The van der Waals surface area contributed by atoms with E-state index in [1.807, 2.05) is 33.1 Å². The largest absolute Gasteiger partial charge is 0.342 e. The molecule has 1 saturated heterocycles. The number of carbonyl (C=O) groups excluding carboxylic acids is 1. The molecule has 2 rings (SSSR count). The van der Waals surface area contributed by atoms with Crippen LogP contribution in [-0.4, -0.2) is 106 Å². The van der Waals surface area contributed by atoms with Gasteiger partial charge in [-0.2, -0.15) is 4.31 Å². The first-order valence-electron chi connectivity index (χ1n) is 11.5. The van der Waals surface area contributed by atoms with Crippen molar-refractivity contribution in [2.75, 3.05) is 67.5 Å². The lowest BCUT2D eigenvalue weighted by Gasteiger charge is -2.34. The van der Waals surface area contributed by atoms with E-state index >= 15 is 0 Å². The summed E-state index contributed by atoms with van der Waals surface area (Å²) in [6.07, 6.45) is 2.60. The number of sulfonamides is 1. The summed E-state index contributed by atoms with van der Waals surface area (Å²) >= 11 is 5.82. The monoisotopic (exact) mass is 517 g/mol. The van der Waals surface area contributed by atoms with Crippen LogP contribution in [0.1, 0.15) is 25.7 Å². The van der Waals surface area contributed by atoms with Crippen molar-refractivity contribution in [1.82, 2.24) is 19.0 Å². The van der Waals surface area contributed by atoms with E-state index in [1.165, 1.54) is 16.4 Å². The number of rotatable bonds is 12. The second-order valence-electron chi connectivity index (χ2n) is 9.19. The molecule has 1 aromatic rings. The maximum atomic E-state index is 13.3. The van der Waals surface area contributed by atoms with E-state index in [1.54, 1.807) is 0 Å². The molecular formula is C22H36ClN5O5S. The molecular weight excluding hydrogens is 482 g/mol.